The Hall–Kier alpha value is -1.56. The number of hydrogen-bond acceptors (Lipinski definition) is 3. The van der Waals surface area contributed by atoms with Gasteiger partial charge in [0.15, 0.2) is 0 Å². The first-order valence-electron chi connectivity index (χ1n) is 7.05. The van der Waals surface area contributed by atoms with Gasteiger partial charge in [0.1, 0.15) is 22.3 Å². The Bertz CT molecular complexity index is 575. The van der Waals surface area contributed by atoms with Crippen LogP contribution in [0.15, 0.2) is 12.1 Å². The second-order valence-electron chi connectivity index (χ2n) is 6.27. The van der Waals surface area contributed by atoms with Gasteiger partial charge in [-0.05, 0) is 39.3 Å². The molecule has 1 aliphatic rings. The molecule has 1 N–H and O–H groups in total. The van der Waals surface area contributed by atoms with Crippen molar-refractivity contribution in [3.8, 4) is 0 Å². The molecule has 7 heteroatoms. The number of nitrogens with one attached hydrogen (secondary N) is 1. The zero-order chi connectivity index (χ0) is 16.5. The fourth-order valence-electron chi connectivity index (χ4n) is 2.36. The highest BCUT2D eigenvalue weighted by Crippen LogP contribution is 2.33. The lowest BCUT2D eigenvalue weighted by Crippen LogP contribution is -2.40. The number of amides is 1. The summed E-state index contributed by atoms with van der Waals surface area (Å²) in [6.45, 7) is 6.14. The summed E-state index contributed by atoms with van der Waals surface area (Å²) < 4.78 is 32.6. The summed E-state index contributed by atoms with van der Waals surface area (Å²) in [4.78, 5) is 13.4. The second-order valence-corrected chi connectivity index (χ2v) is 6.65. The molecule has 1 amide bonds. The number of nitrogens with zero attached hydrogens (tertiary/aromatic N) is 1. The van der Waals surface area contributed by atoms with Gasteiger partial charge in [-0.1, -0.05) is 11.6 Å². The molecule has 2 rings (SSSR count). The monoisotopic (exact) mass is 332 g/mol. The predicted octanol–water partition coefficient (Wildman–Crippen LogP) is 3.72. The van der Waals surface area contributed by atoms with Crippen molar-refractivity contribution in [2.45, 2.75) is 38.8 Å². The van der Waals surface area contributed by atoms with Crippen LogP contribution in [0.5, 0.6) is 0 Å². The number of carbonyl (C=O) groups is 1. The Morgan fingerprint density at radius 2 is 2.00 bits per heavy atom. The van der Waals surface area contributed by atoms with E-state index in [9.17, 15) is 13.6 Å². The van der Waals surface area contributed by atoms with E-state index in [0.29, 0.717) is 19.5 Å². The lowest BCUT2D eigenvalue weighted by atomic mass is 10.2. The van der Waals surface area contributed by atoms with Crippen LogP contribution >= 0.6 is 11.6 Å². The molecule has 1 aliphatic heterocycles. The second kappa shape index (κ2) is 6.28. The van der Waals surface area contributed by atoms with Crippen molar-refractivity contribution in [3.63, 3.8) is 0 Å². The lowest BCUT2D eigenvalue weighted by molar-refractivity contribution is 0.0509. The van der Waals surface area contributed by atoms with Crippen LogP contribution in [0.3, 0.4) is 0 Å². The number of rotatable bonds is 2. The number of carbonyl (C=O) groups excluding carboxylic acids is 1. The molecule has 22 heavy (non-hydrogen) atoms. The number of anilines is 1. The average Bonchev–Trinajstić information content (AvgIpc) is 2.80. The highest BCUT2D eigenvalue weighted by Gasteiger charge is 2.29. The van der Waals surface area contributed by atoms with Crippen molar-refractivity contribution in [3.05, 3.63) is 28.8 Å². The van der Waals surface area contributed by atoms with Crippen molar-refractivity contribution in [2.24, 2.45) is 0 Å². The maximum absolute atomic E-state index is 13.9. The fourth-order valence-corrected chi connectivity index (χ4v) is 2.63. The minimum atomic E-state index is -0.665. The Morgan fingerprint density at radius 1 is 1.36 bits per heavy atom. The van der Waals surface area contributed by atoms with E-state index in [1.807, 2.05) is 0 Å². The smallest absolute Gasteiger partial charge is 0.407 e. The van der Waals surface area contributed by atoms with Crippen LogP contribution in [0, 0.1) is 11.6 Å². The van der Waals surface area contributed by atoms with Crippen molar-refractivity contribution in [1.29, 1.82) is 0 Å². The van der Waals surface area contributed by atoms with E-state index in [4.69, 9.17) is 16.3 Å². The van der Waals surface area contributed by atoms with Crippen LogP contribution in [0.1, 0.15) is 27.2 Å². The minimum Gasteiger partial charge on any atom is -0.444 e. The van der Waals surface area contributed by atoms with Crippen molar-refractivity contribution in [1.82, 2.24) is 5.32 Å². The highest BCUT2D eigenvalue weighted by atomic mass is 35.5. The summed E-state index contributed by atoms with van der Waals surface area (Å²) in [5.74, 6) is -1.24. The first-order valence-corrected chi connectivity index (χ1v) is 7.43. The maximum atomic E-state index is 13.9. The molecule has 1 aromatic rings. The molecular formula is C15H19ClF2N2O2. The Morgan fingerprint density at radius 3 is 2.64 bits per heavy atom. The minimum absolute atomic E-state index is 0.0372. The van der Waals surface area contributed by atoms with Crippen LogP contribution in [-0.4, -0.2) is 30.8 Å². The molecule has 0 bridgehead atoms. The van der Waals surface area contributed by atoms with Gasteiger partial charge in [0.05, 0.1) is 11.7 Å². The quantitative estimate of drug-likeness (QED) is 0.839. The van der Waals surface area contributed by atoms with Gasteiger partial charge in [0.2, 0.25) is 0 Å². The Kier molecular flexibility index (Phi) is 4.80. The normalized spacial score (nSPS) is 18.5. The molecule has 0 unspecified atom stereocenters. The maximum Gasteiger partial charge on any atom is 0.407 e. The van der Waals surface area contributed by atoms with E-state index in [1.54, 1.807) is 25.7 Å². The summed E-state index contributed by atoms with van der Waals surface area (Å²) in [5, 5.41) is 2.49. The van der Waals surface area contributed by atoms with Crippen LogP contribution in [-0.2, 0) is 4.74 Å². The third-order valence-corrected chi connectivity index (χ3v) is 3.60. The number of ether oxygens (including phenoxy) is 1. The zero-order valence-electron chi connectivity index (χ0n) is 12.8. The van der Waals surface area contributed by atoms with Crippen LogP contribution in [0.25, 0.3) is 0 Å². The Labute approximate surface area is 133 Å². The van der Waals surface area contributed by atoms with E-state index in [1.165, 1.54) is 0 Å². The third kappa shape index (κ3) is 4.00. The van der Waals surface area contributed by atoms with Crippen LogP contribution < -0.4 is 10.2 Å². The fraction of sp³-hybridized carbons (Fsp3) is 0.533. The molecule has 1 heterocycles. The molecule has 122 valence electrons. The molecule has 4 nitrogen and oxygen atoms in total. The molecule has 1 atom stereocenters. The first-order chi connectivity index (χ1) is 10.2. The van der Waals surface area contributed by atoms with E-state index in [2.05, 4.69) is 5.32 Å². The van der Waals surface area contributed by atoms with Gasteiger partial charge in [-0.15, -0.1) is 0 Å². The van der Waals surface area contributed by atoms with Gasteiger partial charge in [-0.3, -0.25) is 0 Å². The van der Waals surface area contributed by atoms with Crippen molar-refractivity contribution in [2.75, 3.05) is 18.0 Å². The molecule has 0 saturated carbocycles. The molecule has 1 aromatic carbocycles. The summed E-state index contributed by atoms with van der Waals surface area (Å²) in [7, 11) is 0. The van der Waals surface area contributed by atoms with E-state index >= 15 is 0 Å². The van der Waals surface area contributed by atoms with Gasteiger partial charge in [-0.25, -0.2) is 13.6 Å². The largest absolute Gasteiger partial charge is 0.444 e. The van der Waals surface area contributed by atoms with Gasteiger partial charge in [0.25, 0.3) is 0 Å². The van der Waals surface area contributed by atoms with Gasteiger partial charge >= 0.3 is 6.09 Å². The number of benzene rings is 1. The molecule has 0 aromatic heterocycles. The van der Waals surface area contributed by atoms with Gasteiger partial charge in [0, 0.05) is 13.1 Å². The zero-order valence-corrected chi connectivity index (χ0v) is 13.5. The van der Waals surface area contributed by atoms with E-state index in [0.717, 1.165) is 12.1 Å². The van der Waals surface area contributed by atoms with Crippen LogP contribution in [0.4, 0.5) is 19.3 Å². The Balaban J connectivity index is 2.02. The summed E-state index contributed by atoms with van der Waals surface area (Å²) >= 11 is 5.85. The molecule has 0 spiro atoms. The van der Waals surface area contributed by atoms with Crippen molar-refractivity contribution >= 4 is 23.4 Å². The van der Waals surface area contributed by atoms with E-state index < -0.39 is 23.3 Å². The van der Waals surface area contributed by atoms with Gasteiger partial charge < -0.3 is 15.0 Å². The summed E-state index contributed by atoms with van der Waals surface area (Å²) in [6.07, 6.45) is 0.0797. The predicted molar refractivity (Wildman–Crippen MR) is 81.4 cm³/mol. The van der Waals surface area contributed by atoms with Crippen molar-refractivity contribution < 1.29 is 18.3 Å². The molecular weight excluding hydrogens is 314 g/mol. The first kappa shape index (κ1) is 16.8. The summed E-state index contributed by atoms with van der Waals surface area (Å²) in [5.41, 5.74) is -0.546. The average molecular weight is 333 g/mol. The molecule has 0 radical (unpaired) electrons. The highest BCUT2D eigenvalue weighted by molar-refractivity contribution is 6.33. The number of alkyl carbamates (subject to hydrolysis) is 1. The third-order valence-electron chi connectivity index (χ3n) is 3.25. The number of halogens is 3. The number of hydrogen-bond donors (Lipinski definition) is 1. The SMILES string of the molecule is CC(C)(C)OC(=O)N[C@H]1CCN(c2c(F)ccc(F)c2Cl)C1. The lowest BCUT2D eigenvalue weighted by Gasteiger charge is -2.23. The molecule has 1 fully saturated rings. The topological polar surface area (TPSA) is 41.6 Å². The van der Waals surface area contributed by atoms with E-state index in [-0.39, 0.29) is 16.8 Å². The molecule has 1 saturated heterocycles. The molecule has 0 aliphatic carbocycles. The standard InChI is InChI=1S/C15H19ClF2N2O2/c1-15(2,3)22-14(21)19-9-6-7-20(8-9)13-11(18)5-4-10(17)12(13)16/h4-5,9H,6-8H2,1-3H3,(H,19,21)/t9-/m0/s1. The van der Waals surface area contributed by atoms with Crippen LogP contribution in [0.2, 0.25) is 5.02 Å². The summed E-state index contributed by atoms with van der Waals surface area (Å²) in [6, 6.07) is 1.84. The van der Waals surface area contributed by atoms with Gasteiger partial charge in [-0.2, -0.15) is 0 Å².